The van der Waals surface area contributed by atoms with E-state index < -0.39 is 0 Å². The van der Waals surface area contributed by atoms with Crippen LogP contribution in [0.5, 0.6) is 0 Å². The summed E-state index contributed by atoms with van der Waals surface area (Å²) < 4.78 is 27.0. The standard InChI is InChI=1S/C30H30F2N2O/c31-24-11-7-21(8-12-24)26(22-9-13-25(32)14-10-22)6-3-17-34-18-15-23(16-19-34)30-28-5-2-1-4-27(28)29(35)20-33-30/h1-2,4-5,7-14,23,26H,3,6,15-20H2. The van der Waals surface area contributed by atoms with Gasteiger partial charge in [-0.15, -0.1) is 0 Å². The van der Waals surface area contributed by atoms with Gasteiger partial charge in [-0.1, -0.05) is 48.5 Å². The van der Waals surface area contributed by atoms with Gasteiger partial charge in [-0.25, -0.2) is 8.78 Å². The van der Waals surface area contributed by atoms with E-state index in [4.69, 9.17) is 0 Å². The van der Waals surface area contributed by atoms with Gasteiger partial charge in [0.25, 0.3) is 0 Å². The molecule has 0 radical (unpaired) electrons. The molecule has 0 N–H and O–H groups in total. The molecule has 0 unspecified atom stereocenters. The molecule has 0 saturated carbocycles. The number of rotatable bonds is 7. The molecule has 1 fully saturated rings. The van der Waals surface area contributed by atoms with E-state index >= 15 is 0 Å². The molecule has 3 aromatic carbocycles. The minimum Gasteiger partial charge on any atom is -0.303 e. The second-order valence-electron chi connectivity index (χ2n) is 9.58. The number of fused-ring (bicyclic) bond motifs is 1. The number of carbonyl (C=O) groups is 1. The van der Waals surface area contributed by atoms with Gasteiger partial charge in [0.15, 0.2) is 5.78 Å². The first-order chi connectivity index (χ1) is 17.1. The van der Waals surface area contributed by atoms with Crippen LogP contribution >= 0.6 is 0 Å². The zero-order chi connectivity index (χ0) is 24.2. The molecule has 2 aliphatic rings. The van der Waals surface area contributed by atoms with Crippen molar-refractivity contribution in [1.29, 1.82) is 0 Å². The highest BCUT2D eigenvalue weighted by molar-refractivity contribution is 6.16. The molecule has 0 atom stereocenters. The highest BCUT2D eigenvalue weighted by Gasteiger charge is 2.29. The number of piperidine rings is 1. The molecule has 1 saturated heterocycles. The summed E-state index contributed by atoms with van der Waals surface area (Å²) in [6.45, 7) is 3.28. The Hall–Kier alpha value is -3.18. The topological polar surface area (TPSA) is 32.7 Å². The van der Waals surface area contributed by atoms with Gasteiger partial charge >= 0.3 is 0 Å². The molecule has 35 heavy (non-hydrogen) atoms. The molecule has 5 heteroatoms. The average Bonchev–Trinajstić information content (AvgIpc) is 2.89. The quantitative estimate of drug-likeness (QED) is 0.406. The first-order valence-electron chi connectivity index (χ1n) is 12.5. The third kappa shape index (κ3) is 5.40. The lowest BCUT2D eigenvalue weighted by Gasteiger charge is -2.34. The Morgan fingerprint density at radius 1 is 0.829 bits per heavy atom. The number of nitrogens with zero attached hydrogens (tertiary/aromatic N) is 2. The highest BCUT2D eigenvalue weighted by Crippen LogP contribution is 2.31. The van der Waals surface area contributed by atoms with E-state index in [1.54, 1.807) is 0 Å². The lowest BCUT2D eigenvalue weighted by Crippen LogP contribution is -2.38. The fourth-order valence-electron chi connectivity index (χ4n) is 5.49. The van der Waals surface area contributed by atoms with Crippen LogP contribution < -0.4 is 0 Å². The molecule has 0 amide bonds. The van der Waals surface area contributed by atoms with E-state index in [1.165, 1.54) is 24.3 Å². The van der Waals surface area contributed by atoms with Crippen molar-refractivity contribution in [2.45, 2.75) is 31.6 Å². The van der Waals surface area contributed by atoms with Crippen molar-refractivity contribution in [3.63, 3.8) is 0 Å². The first kappa shape index (κ1) is 23.6. The van der Waals surface area contributed by atoms with Gasteiger partial charge in [0.2, 0.25) is 0 Å². The number of benzene rings is 3. The normalized spacial score (nSPS) is 16.9. The number of likely N-dealkylation sites (tertiary alicyclic amines) is 1. The monoisotopic (exact) mass is 472 g/mol. The van der Waals surface area contributed by atoms with Crippen LogP contribution in [0.15, 0.2) is 77.8 Å². The van der Waals surface area contributed by atoms with Crippen LogP contribution in [0.3, 0.4) is 0 Å². The van der Waals surface area contributed by atoms with Crippen molar-refractivity contribution in [3.8, 4) is 0 Å². The molecule has 2 heterocycles. The SMILES string of the molecule is O=C1CN=C(C2CCN(CCCC(c3ccc(F)cc3)c3ccc(F)cc3)CC2)c2ccccc21. The molecule has 0 bridgehead atoms. The fourth-order valence-corrected chi connectivity index (χ4v) is 5.49. The summed E-state index contributed by atoms with van der Waals surface area (Å²) in [5.41, 5.74) is 5.05. The molecule has 180 valence electrons. The van der Waals surface area contributed by atoms with Crippen molar-refractivity contribution in [2.75, 3.05) is 26.2 Å². The molecule has 0 spiro atoms. The van der Waals surface area contributed by atoms with Gasteiger partial charge in [0.1, 0.15) is 18.2 Å². The summed E-state index contributed by atoms with van der Waals surface area (Å²) in [6, 6.07) is 21.2. The molecule has 2 aliphatic heterocycles. The van der Waals surface area contributed by atoms with E-state index in [2.05, 4.69) is 9.89 Å². The summed E-state index contributed by atoms with van der Waals surface area (Å²) in [5.74, 6) is 0.123. The second kappa shape index (κ2) is 10.6. The van der Waals surface area contributed by atoms with Crippen molar-refractivity contribution in [3.05, 3.63) is 107 Å². The van der Waals surface area contributed by atoms with Crippen molar-refractivity contribution >= 4 is 11.5 Å². The second-order valence-corrected chi connectivity index (χ2v) is 9.58. The first-order valence-corrected chi connectivity index (χ1v) is 12.5. The van der Waals surface area contributed by atoms with E-state index in [-0.39, 0.29) is 29.9 Å². The Balaban J connectivity index is 1.18. The van der Waals surface area contributed by atoms with E-state index in [9.17, 15) is 13.6 Å². The van der Waals surface area contributed by atoms with Crippen LogP contribution in [-0.2, 0) is 0 Å². The Labute approximate surface area is 205 Å². The molecule has 5 rings (SSSR count). The van der Waals surface area contributed by atoms with Gasteiger partial charge in [-0.2, -0.15) is 0 Å². The number of hydrogen-bond donors (Lipinski definition) is 0. The summed E-state index contributed by atoms with van der Waals surface area (Å²) >= 11 is 0. The summed E-state index contributed by atoms with van der Waals surface area (Å²) in [7, 11) is 0. The fraction of sp³-hybridized carbons (Fsp3) is 0.333. The molecular weight excluding hydrogens is 442 g/mol. The number of hydrogen-bond acceptors (Lipinski definition) is 3. The predicted octanol–water partition coefficient (Wildman–Crippen LogP) is 6.27. The number of Topliss-reactive ketones (excluding diaryl/α,β-unsaturated/α-hetero) is 1. The highest BCUT2D eigenvalue weighted by atomic mass is 19.1. The van der Waals surface area contributed by atoms with Gasteiger partial charge in [0, 0.05) is 28.7 Å². The Morgan fingerprint density at radius 3 is 2.00 bits per heavy atom. The van der Waals surface area contributed by atoms with Gasteiger partial charge in [-0.3, -0.25) is 9.79 Å². The zero-order valence-electron chi connectivity index (χ0n) is 19.8. The maximum Gasteiger partial charge on any atom is 0.184 e. The zero-order valence-corrected chi connectivity index (χ0v) is 19.8. The molecular formula is C30H30F2N2O. The third-order valence-electron chi connectivity index (χ3n) is 7.38. The Bertz CT molecular complexity index is 1150. The third-order valence-corrected chi connectivity index (χ3v) is 7.38. The van der Waals surface area contributed by atoms with E-state index in [0.29, 0.717) is 5.92 Å². The van der Waals surface area contributed by atoms with Gasteiger partial charge in [-0.05, 0) is 80.7 Å². The maximum absolute atomic E-state index is 13.5. The minimum atomic E-state index is -0.246. The van der Waals surface area contributed by atoms with Crippen LogP contribution in [0.25, 0.3) is 0 Å². The molecule has 3 aromatic rings. The average molecular weight is 473 g/mol. The van der Waals surface area contributed by atoms with E-state index in [1.807, 2.05) is 48.5 Å². The molecule has 0 aliphatic carbocycles. The number of ketones is 1. The Morgan fingerprint density at radius 2 is 1.40 bits per heavy atom. The lowest BCUT2D eigenvalue weighted by atomic mass is 9.84. The van der Waals surface area contributed by atoms with Crippen LogP contribution in [0.2, 0.25) is 0 Å². The van der Waals surface area contributed by atoms with Crippen molar-refractivity contribution < 1.29 is 13.6 Å². The van der Waals surface area contributed by atoms with Gasteiger partial charge < -0.3 is 4.90 Å². The summed E-state index contributed by atoms with van der Waals surface area (Å²) in [4.78, 5) is 19.4. The lowest BCUT2D eigenvalue weighted by molar-refractivity contribution is 0.0999. The number of carbonyl (C=O) groups excluding carboxylic acids is 1. The predicted molar refractivity (Wildman–Crippen MR) is 135 cm³/mol. The van der Waals surface area contributed by atoms with Crippen LogP contribution in [0.1, 0.15) is 58.6 Å². The summed E-state index contributed by atoms with van der Waals surface area (Å²) in [6.07, 6.45) is 4.00. The van der Waals surface area contributed by atoms with E-state index in [0.717, 1.165) is 73.3 Å². The van der Waals surface area contributed by atoms with Crippen LogP contribution in [0.4, 0.5) is 8.78 Å². The Kier molecular flexibility index (Phi) is 7.14. The smallest absolute Gasteiger partial charge is 0.184 e. The summed E-state index contributed by atoms with van der Waals surface area (Å²) in [5, 5.41) is 0. The van der Waals surface area contributed by atoms with Crippen LogP contribution in [-0.4, -0.2) is 42.6 Å². The number of halogens is 2. The molecule has 0 aromatic heterocycles. The van der Waals surface area contributed by atoms with Crippen LogP contribution in [0, 0.1) is 17.6 Å². The molecule has 3 nitrogen and oxygen atoms in total. The maximum atomic E-state index is 13.5. The number of aliphatic imine (C=N–C) groups is 1. The largest absolute Gasteiger partial charge is 0.303 e. The van der Waals surface area contributed by atoms with Crippen molar-refractivity contribution in [1.82, 2.24) is 4.90 Å². The minimum absolute atomic E-state index is 0.110. The van der Waals surface area contributed by atoms with Crippen molar-refractivity contribution in [2.24, 2.45) is 10.9 Å². The van der Waals surface area contributed by atoms with Gasteiger partial charge in [0.05, 0.1) is 0 Å².